The molecule has 4 nitrogen and oxygen atoms in total. The first-order valence-corrected chi connectivity index (χ1v) is 7.75. The molecule has 1 N–H and O–H groups in total. The van der Waals surface area contributed by atoms with E-state index in [1.807, 2.05) is 18.2 Å². The zero-order valence-electron chi connectivity index (χ0n) is 13.3. The molecule has 1 fully saturated rings. The lowest BCUT2D eigenvalue weighted by atomic mass is 10.0. The first-order valence-electron chi connectivity index (χ1n) is 7.75. The van der Waals surface area contributed by atoms with E-state index in [4.69, 9.17) is 4.74 Å². The molecule has 1 aromatic rings. The minimum Gasteiger partial charge on any atom is -0.465 e. The van der Waals surface area contributed by atoms with Crippen molar-refractivity contribution in [1.82, 2.24) is 4.90 Å². The zero-order chi connectivity index (χ0) is 15.2. The van der Waals surface area contributed by atoms with Crippen LogP contribution in [0.2, 0.25) is 0 Å². The van der Waals surface area contributed by atoms with Gasteiger partial charge in [-0.25, -0.2) is 4.79 Å². The highest BCUT2D eigenvalue weighted by Gasteiger charge is 2.19. The van der Waals surface area contributed by atoms with E-state index in [0.29, 0.717) is 11.6 Å². The van der Waals surface area contributed by atoms with Gasteiger partial charge in [-0.2, -0.15) is 0 Å². The molecular weight excluding hydrogens is 264 g/mol. The lowest BCUT2D eigenvalue weighted by Crippen LogP contribution is -2.40. The fourth-order valence-electron chi connectivity index (χ4n) is 2.87. The van der Waals surface area contributed by atoms with Crippen molar-refractivity contribution in [1.29, 1.82) is 0 Å². The van der Waals surface area contributed by atoms with Crippen LogP contribution in [-0.4, -0.2) is 43.7 Å². The molecule has 0 aliphatic carbocycles. The lowest BCUT2D eigenvalue weighted by molar-refractivity contribution is 0.0601. The number of hydrogen-bond donors (Lipinski definition) is 1. The summed E-state index contributed by atoms with van der Waals surface area (Å²) in [5, 5.41) is 3.54. The topological polar surface area (TPSA) is 41.6 Å². The van der Waals surface area contributed by atoms with E-state index in [1.54, 1.807) is 6.07 Å². The first kappa shape index (κ1) is 15.8. The smallest absolute Gasteiger partial charge is 0.337 e. The molecule has 0 atom stereocenters. The SMILES string of the molecule is COC(=O)c1cccc(NC2CCN(CC(C)C)CC2)c1. The molecule has 0 unspecified atom stereocenters. The Morgan fingerprint density at radius 1 is 1.38 bits per heavy atom. The number of esters is 1. The number of nitrogens with zero attached hydrogens (tertiary/aromatic N) is 1. The molecule has 0 saturated carbocycles. The normalized spacial score (nSPS) is 17.0. The molecule has 1 saturated heterocycles. The third-order valence-corrected chi connectivity index (χ3v) is 3.87. The predicted molar refractivity (Wildman–Crippen MR) is 85.7 cm³/mol. The summed E-state index contributed by atoms with van der Waals surface area (Å²) in [5.74, 6) is 0.441. The van der Waals surface area contributed by atoms with Crippen molar-refractivity contribution in [3.8, 4) is 0 Å². The third-order valence-electron chi connectivity index (χ3n) is 3.87. The highest BCUT2D eigenvalue weighted by Crippen LogP contribution is 2.18. The van der Waals surface area contributed by atoms with Gasteiger partial charge >= 0.3 is 5.97 Å². The summed E-state index contributed by atoms with van der Waals surface area (Å²) < 4.78 is 4.76. The van der Waals surface area contributed by atoms with Crippen molar-refractivity contribution >= 4 is 11.7 Å². The van der Waals surface area contributed by atoms with Crippen LogP contribution >= 0.6 is 0 Å². The number of anilines is 1. The number of carbonyl (C=O) groups is 1. The Bertz CT molecular complexity index is 466. The Labute approximate surface area is 127 Å². The molecule has 116 valence electrons. The Morgan fingerprint density at radius 3 is 2.71 bits per heavy atom. The van der Waals surface area contributed by atoms with Crippen LogP contribution in [0, 0.1) is 5.92 Å². The quantitative estimate of drug-likeness (QED) is 0.846. The molecule has 1 aliphatic heterocycles. The van der Waals surface area contributed by atoms with E-state index < -0.39 is 0 Å². The molecule has 0 bridgehead atoms. The fraction of sp³-hybridized carbons (Fsp3) is 0.588. The second kappa shape index (κ2) is 7.46. The number of nitrogens with one attached hydrogen (secondary N) is 1. The Morgan fingerprint density at radius 2 is 2.10 bits per heavy atom. The minimum absolute atomic E-state index is 0.287. The van der Waals surface area contributed by atoms with E-state index in [9.17, 15) is 4.79 Å². The van der Waals surface area contributed by atoms with E-state index in [-0.39, 0.29) is 5.97 Å². The number of hydrogen-bond acceptors (Lipinski definition) is 4. The maximum atomic E-state index is 11.5. The van der Waals surface area contributed by atoms with Crippen molar-refractivity contribution in [3.63, 3.8) is 0 Å². The minimum atomic E-state index is -0.287. The van der Waals surface area contributed by atoms with Crippen LogP contribution in [0.25, 0.3) is 0 Å². The molecule has 0 spiro atoms. The second-order valence-electron chi connectivity index (χ2n) is 6.19. The highest BCUT2D eigenvalue weighted by atomic mass is 16.5. The number of carbonyl (C=O) groups excluding carboxylic acids is 1. The van der Waals surface area contributed by atoms with Gasteiger partial charge in [0.1, 0.15) is 0 Å². The average Bonchev–Trinajstić information content (AvgIpc) is 2.48. The maximum absolute atomic E-state index is 11.5. The largest absolute Gasteiger partial charge is 0.465 e. The maximum Gasteiger partial charge on any atom is 0.337 e. The van der Waals surface area contributed by atoms with Crippen LogP contribution < -0.4 is 5.32 Å². The Balaban J connectivity index is 1.87. The fourth-order valence-corrected chi connectivity index (χ4v) is 2.87. The number of piperidine rings is 1. The van der Waals surface area contributed by atoms with E-state index in [0.717, 1.165) is 37.5 Å². The number of rotatable bonds is 5. The number of likely N-dealkylation sites (tertiary alicyclic amines) is 1. The zero-order valence-corrected chi connectivity index (χ0v) is 13.3. The van der Waals surface area contributed by atoms with Crippen LogP contribution in [0.5, 0.6) is 0 Å². The summed E-state index contributed by atoms with van der Waals surface area (Å²) >= 11 is 0. The van der Waals surface area contributed by atoms with Crippen molar-refractivity contribution in [3.05, 3.63) is 29.8 Å². The van der Waals surface area contributed by atoms with Gasteiger partial charge in [0.2, 0.25) is 0 Å². The van der Waals surface area contributed by atoms with Gasteiger partial charge in [0, 0.05) is 31.4 Å². The molecule has 0 radical (unpaired) electrons. The number of benzene rings is 1. The van der Waals surface area contributed by atoms with Gasteiger partial charge in [-0.1, -0.05) is 19.9 Å². The van der Waals surface area contributed by atoms with Crippen LogP contribution in [0.3, 0.4) is 0 Å². The number of methoxy groups -OCH3 is 1. The number of ether oxygens (including phenoxy) is 1. The van der Waals surface area contributed by atoms with Crippen LogP contribution in [0.1, 0.15) is 37.0 Å². The van der Waals surface area contributed by atoms with Gasteiger partial charge in [0.05, 0.1) is 12.7 Å². The molecular formula is C17H26N2O2. The van der Waals surface area contributed by atoms with Crippen molar-refractivity contribution in [2.45, 2.75) is 32.7 Å². The summed E-state index contributed by atoms with van der Waals surface area (Å²) in [6.45, 7) is 8.01. The predicted octanol–water partition coefficient (Wildman–Crippen LogP) is 3.01. The molecule has 1 aromatic carbocycles. The summed E-state index contributed by atoms with van der Waals surface area (Å²) in [5.41, 5.74) is 1.60. The second-order valence-corrected chi connectivity index (χ2v) is 6.19. The molecule has 1 heterocycles. The van der Waals surface area contributed by atoms with Gasteiger partial charge in [-0.3, -0.25) is 0 Å². The van der Waals surface area contributed by atoms with E-state index >= 15 is 0 Å². The molecule has 0 aromatic heterocycles. The van der Waals surface area contributed by atoms with Crippen LogP contribution in [0.15, 0.2) is 24.3 Å². The summed E-state index contributed by atoms with van der Waals surface area (Å²) in [4.78, 5) is 14.1. The van der Waals surface area contributed by atoms with Crippen molar-refractivity contribution in [2.24, 2.45) is 5.92 Å². The Hall–Kier alpha value is -1.55. The average molecular weight is 290 g/mol. The first-order chi connectivity index (χ1) is 10.1. The monoisotopic (exact) mass is 290 g/mol. The Kier molecular flexibility index (Phi) is 5.62. The van der Waals surface area contributed by atoms with Gasteiger partial charge in [-0.15, -0.1) is 0 Å². The molecule has 2 rings (SSSR count). The summed E-state index contributed by atoms with van der Waals surface area (Å²) in [7, 11) is 1.41. The summed E-state index contributed by atoms with van der Waals surface area (Å²) in [6.07, 6.45) is 2.30. The van der Waals surface area contributed by atoms with E-state index in [1.165, 1.54) is 13.7 Å². The lowest BCUT2D eigenvalue weighted by Gasteiger charge is -2.33. The van der Waals surface area contributed by atoms with Gasteiger partial charge < -0.3 is 15.0 Å². The van der Waals surface area contributed by atoms with Gasteiger partial charge in [-0.05, 0) is 37.0 Å². The summed E-state index contributed by atoms with van der Waals surface area (Å²) in [6, 6.07) is 8.03. The van der Waals surface area contributed by atoms with Crippen molar-refractivity contribution in [2.75, 3.05) is 32.1 Å². The van der Waals surface area contributed by atoms with Gasteiger partial charge in [0.15, 0.2) is 0 Å². The highest BCUT2D eigenvalue weighted by molar-refractivity contribution is 5.90. The molecule has 21 heavy (non-hydrogen) atoms. The van der Waals surface area contributed by atoms with E-state index in [2.05, 4.69) is 24.1 Å². The van der Waals surface area contributed by atoms with Crippen LogP contribution in [0.4, 0.5) is 5.69 Å². The standard InChI is InChI=1S/C17H26N2O2/c1-13(2)12-19-9-7-15(8-10-19)18-16-6-4-5-14(11-16)17(20)21-3/h4-6,11,13,15,18H,7-10,12H2,1-3H3. The van der Waals surface area contributed by atoms with Gasteiger partial charge in [0.25, 0.3) is 0 Å². The molecule has 0 amide bonds. The molecule has 4 heteroatoms. The third kappa shape index (κ3) is 4.74. The van der Waals surface area contributed by atoms with Crippen LogP contribution in [-0.2, 0) is 4.74 Å². The molecule has 1 aliphatic rings. The van der Waals surface area contributed by atoms with Crippen molar-refractivity contribution < 1.29 is 9.53 Å².